The number of anilines is 1. The summed E-state index contributed by atoms with van der Waals surface area (Å²) in [7, 11) is -5.28. The summed E-state index contributed by atoms with van der Waals surface area (Å²) in [6.07, 6.45) is -1.36. The quantitative estimate of drug-likeness (QED) is 0.138. The number of nitrogen functional groups attached to an aromatic ring is 1. The summed E-state index contributed by atoms with van der Waals surface area (Å²) >= 11 is 0. The largest absolute Gasteiger partial charge is 0.497 e. The van der Waals surface area contributed by atoms with E-state index in [9.17, 15) is 16.8 Å². The first-order valence-corrected chi connectivity index (χ1v) is 18.8. The monoisotopic (exact) mass is 725 g/mol. The first kappa shape index (κ1) is 35.2. The number of nitrogens with zero attached hydrogens (tertiary/aromatic N) is 4. The Morgan fingerprint density at radius 1 is 0.760 bits per heavy atom. The van der Waals surface area contributed by atoms with Crippen LogP contribution in [0.1, 0.15) is 22.9 Å². The predicted octanol–water partition coefficient (Wildman–Crippen LogP) is 3.02. The molecule has 1 saturated heterocycles. The maximum atomic E-state index is 12.7. The van der Waals surface area contributed by atoms with Gasteiger partial charge in [0.05, 0.1) is 39.7 Å². The Morgan fingerprint density at radius 3 is 1.84 bits per heavy atom. The van der Waals surface area contributed by atoms with Gasteiger partial charge in [-0.2, -0.15) is 16.8 Å². The highest BCUT2D eigenvalue weighted by Gasteiger charge is 2.52. The molecule has 1 aliphatic rings. The number of benzene rings is 3. The normalized spacial score (nSPS) is 19.8. The Balaban J connectivity index is 1.49. The second-order valence-corrected chi connectivity index (χ2v) is 14.7. The molecule has 50 heavy (non-hydrogen) atoms. The topological polar surface area (TPSA) is 193 Å². The van der Waals surface area contributed by atoms with Gasteiger partial charge >= 0.3 is 0 Å². The number of hydrogen-bond donors (Lipinski definition) is 1. The van der Waals surface area contributed by atoms with Crippen LogP contribution in [-0.4, -0.2) is 88.0 Å². The number of aromatic nitrogens is 4. The Hall–Kier alpha value is -4.65. The van der Waals surface area contributed by atoms with Crippen molar-refractivity contribution >= 4 is 37.2 Å². The van der Waals surface area contributed by atoms with Gasteiger partial charge in [0.1, 0.15) is 41.2 Å². The van der Waals surface area contributed by atoms with Crippen molar-refractivity contribution in [3.63, 3.8) is 0 Å². The summed E-state index contributed by atoms with van der Waals surface area (Å²) < 4.78 is 87.2. The first-order valence-electron chi connectivity index (χ1n) is 15.2. The number of methoxy groups -OCH3 is 2. The van der Waals surface area contributed by atoms with Gasteiger partial charge in [0.25, 0.3) is 20.2 Å². The molecule has 0 aliphatic carbocycles. The molecule has 0 amide bonds. The lowest BCUT2D eigenvalue weighted by atomic mass is 9.80. The zero-order chi connectivity index (χ0) is 35.7. The van der Waals surface area contributed by atoms with Crippen LogP contribution in [0.25, 0.3) is 11.2 Å². The summed E-state index contributed by atoms with van der Waals surface area (Å²) in [5, 5.41) is 0. The van der Waals surface area contributed by atoms with Gasteiger partial charge in [-0.3, -0.25) is 12.9 Å². The number of fused-ring (bicyclic) bond motifs is 1. The third-order valence-electron chi connectivity index (χ3n) is 8.16. The van der Waals surface area contributed by atoms with Crippen LogP contribution in [0.3, 0.4) is 0 Å². The summed E-state index contributed by atoms with van der Waals surface area (Å²) in [6.45, 7) is -0.322. The smallest absolute Gasteiger partial charge is 0.264 e. The molecule has 0 bridgehead atoms. The van der Waals surface area contributed by atoms with Gasteiger partial charge in [0, 0.05) is 0 Å². The molecule has 0 saturated carbocycles. The van der Waals surface area contributed by atoms with Crippen LogP contribution in [0.2, 0.25) is 0 Å². The van der Waals surface area contributed by atoms with E-state index in [-0.39, 0.29) is 23.6 Å². The lowest BCUT2D eigenvalue weighted by Gasteiger charge is -2.37. The maximum absolute atomic E-state index is 12.7. The third-order valence-corrected chi connectivity index (χ3v) is 9.30. The fraction of sp³-hybridized carbons (Fsp3) is 0.303. The van der Waals surface area contributed by atoms with Crippen molar-refractivity contribution in [3.05, 3.63) is 108 Å². The second-order valence-electron chi connectivity index (χ2n) is 11.5. The van der Waals surface area contributed by atoms with E-state index in [4.69, 9.17) is 33.0 Å². The predicted molar refractivity (Wildman–Crippen MR) is 181 cm³/mol. The van der Waals surface area contributed by atoms with E-state index in [1.807, 2.05) is 54.6 Å². The molecule has 264 valence electrons. The Bertz CT molecular complexity index is 2120. The first-order chi connectivity index (χ1) is 23.8. The summed E-state index contributed by atoms with van der Waals surface area (Å²) in [5.74, 6) is 1.31. The maximum Gasteiger partial charge on any atom is 0.264 e. The lowest BCUT2D eigenvalue weighted by molar-refractivity contribution is -0.0912. The third kappa shape index (κ3) is 7.14. The minimum atomic E-state index is -4.20. The molecule has 2 aromatic heterocycles. The van der Waals surface area contributed by atoms with Crippen molar-refractivity contribution in [2.45, 2.75) is 30.1 Å². The minimum Gasteiger partial charge on any atom is -0.497 e. The lowest BCUT2D eigenvalue weighted by Crippen LogP contribution is -2.43. The van der Waals surface area contributed by atoms with Gasteiger partial charge in [0.2, 0.25) is 0 Å². The van der Waals surface area contributed by atoms with Gasteiger partial charge in [-0.1, -0.05) is 54.6 Å². The fourth-order valence-electron chi connectivity index (χ4n) is 6.03. The molecule has 3 heterocycles. The van der Waals surface area contributed by atoms with E-state index >= 15 is 0 Å². The zero-order valence-corrected chi connectivity index (χ0v) is 29.1. The highest BCUT2D eigenvalue weighted by atomic mass is 32.2. The summed E-state index contributed by atoms with van der Waals surface area (Å²) in [6, 6.07) is 24.0. The van der Waals surface area contributed by atoms with Gasteiger partial charge in [0.15, 0.2) is 23.8 Å². The van der Waals surface area contributed by atoms with Crippen LogP contribution in [0.4, 0.5) is 5.82 Å². The van der Waals surface area contributed by atoms with E-state index in [2.05, 4.69) is 15.0 Å². The molecule has 2 N–H and O–H groups in total. The SMILES string of the molecule is COc1ccc(C(OC[C@H]2O[C@@H](n3cnc4c(N)ncnc43)[C@H](OS(C)(=O)=O)[C@@H]2OS(C)(=O)=O)(c2ccccc2)c2ccc(OC)cc2)cc1. The van der Waals surface area contributed by atoms with E-state index < -0.39 is 50.4 Å². The van der Waals surface area contributed by atoms with Crippen LogP contribution in [0, 0.1) is 0 Å². The number of imidazole rings is 1. The molecule has 1 fully saturated rings. The van der Waals surface area contributed by atoms with E-state index in [1.165, 1.54) is 17.2 Å². The van der Waals surface area contributed by atoms with E-state index in [1.54, 1.807) is 38.5 Å². The van der Waals surface area contributed by atoms with Crippen molar-refractivity contribution in [1.29, 1.82) is 0 Å². The molecule has 4 atom stereocenters. The summed E-state index contributed by atoms with van der Waals surface area (Å²) in [5.41, 5.74) is 7.21. The Morgan fingerprint density at radius 2 is 1.30 bits per heavy atom. The van der Waals surface area contributed by atoms with Gasteiger partial charge < -0.3 is 24.7 Å². The van der Waals surface area contributed by atoms with Crippen LogP contribution in [0.5, 0.6) is 11.5 Å². The average Bonchev–Trinajstić information content (AvgIpc) is 3.66. The molecule has 3 aromatic carbocycles. The Labute approximate surface area is 289 Å². The molecule has 1 aliphatic heterocycles. The molecule has 0 unspecified atom stereocenters. The molecule has 15 nitrogen and oxygen atoms in total. The van der Waals surface area contributed by atoms with Crippen molar-refractivity contribution in [3.8, 4) is 11.5 Å². The van der Waals surface area contributed by atoms with Crippen LogP contribution >= 0.6 is 0 Å². The van der Waals surface area contributed by atoms with Crippen molar-refractivity contribution in [2.24, 2.45) is 0 Å². The fourth-order valence-corrected chi connectivity index (χ4v) is 7.27. The number of ether oxygens (including phenoxy) is 4. The van der Waals surface area contributed by atoms with E-state index in [0.29, 0.717) is 22.6 Å². The van der Waals surface area contributed by atoms with Crippen LogP contribution in [-0.2, 0) is 43.7 Å². The molecular weight excluding hydrogens is 691 g/mol. The van der Waals surface area contributed by atoms with Crippen molar-refractivity contribution < 1.29 is 44.1 Å². The minimum absolute atomic E-state index is 0.0720. The van der Waals surface area contributed by atoms with Crippen molar-refractivity contribution in [2.75, 3.05) is 39.1 Å². The highest BCUT2D eigenvalue weighted by Crippen LogP contribution is 2.44. The number of nitrogens with two attached hydrogens (primary N) is 1. The molecule has 0 radical (unpaired) electrons. The molecule has 0 spiro atoms. The molecule has 17 heteroatoms. The average molecular weight is 726 g/mol. The number of hydrogen-bond acceptors (Lipinski definition) is 14. The van der Waals surface area contributed by atoms with Gasteiger partial charge in [-0.25, -0.2) is 15.0 Å². The highest BCUT2D eigenvalue weighted by molar-refractivity contribution is 7.86. The summed E-state index contributed by atoms with van der Waals surface area (Å²) in [4.78, 5) is 12.5. The van der Waals surface area contributed by atoms with Crippen LogP contribution in [0.15, 0.2) is 91.5 Å². The van der Waals surface area contributed by atoms with Gasteiger partial charge in [-0.15, -0.1) is 0 Å². The molecular formula is C33H35N5O10S2. The zero-order valence-electron chi connectivity index (χ0n) is 27.4. The number of rotatable bonds is 13. The second kappa shape index (κ2) is 13.9. The van der Waals surface area contributed by atoms with E-state index in [0.717, 1.165) is 18.1 Å². The van der Waals surface area contributed by atoms with Crippen LogP contribution < -0.4 is 15.2 Å². The molecule has 5 aromatic rings. The van der Waals surface area contributed by atoms with Crippen molar-refractivity contribution in [1.82, 2.24) is 19.5 Å². The van der Waals surface area contributed by atoms with Gasteiger partial charge in [-0.05, 0) is 41.0 Å². The standard InChI is InChI=1S/C33H35N5O10S2/c1-43-24-14-10-22(11-15-24)33(21-8-6-5-7-9-21,23-12-16-25(44-2)17-13-23)45-18-26-28(47-49(3,39)40)29(48-50(4,41)42)32(46-26)38-20-37-27-30(34)35-19-36-31(27)38/h5-17,19-20,26,28-29,32H,18H2,1-4H3,(H2,34,35,36)/t26-,28-,29-,32-/m1/s1. The molecule has 6 rings (SSSR count). The Kier molecular flexibility index (Phi) is 9.80.